The average molecular weight is 413 g/mol. The van der Waals surface area contributed by atoms with Gasteiger partial charge in [-0.05, 0) is 20.0 Å². The van der Waals surface area contributed by atoms with E-state index in [0.717, 1.165) is 75.6 Å². The molecule has 152 valence electrons. The molecule has 4 heterocycles. The second-order valence-corrected chi connectivity index (χ2v) is 7.94. The van der Waals surface area contributed by atoms with Gasteiger partial charge in [0.25, 0.3) is 0 Å². The third-order valence-corrected chi connectivity index (χ3v) is 5.77. The summed E-state index contributed by atoms with van der Waals surface area (Å²) in [6, 6.07) is 5.86. The number of nitrogens with zero attached hydrogens (tertiary/aromatic N) is 8. The van der Waals surface area contributed by atoms with E-state index in [1.807, 2.05) is 6.92 Å². The van der Waals surface area contributed by atoms with Crippen molar-refractivity contribution < 1.29 is 0 Å². The molecule has 2 aromatic heterocycles. The smallest absolute Gasteiger partial charge is 0.147 e. The van der Waals surface area contributed by atoms with E-state index < -0.39 is 0 Å². The standard InChI is InChI=1S/C20H25ClN8/c1-15-24-18(27-5-3-26(2)4-6-27)12-19(25-15)28-7-9-29(10-8-28)20-17(21)11-16(13-22)14-23-20/h11-12,14H,3-10H2,1-2H3. The van der Waals surface area contributed by atoms with Crippen LogP contribution in [0, 0.1) is 18.3 Å². The maximum absolute atomic E-state index is 8.99. The molecule has 2 aliphatic rings. The zero-order chi connectivity index (χ0) is 20.4. The molecule has 29 heavy (non-hydrogen) atoms. The molecule has 2 fully saturated rings. The molecule has 0 saturated carbocycles. The van der Waals surface area contributed by atoms with E-state index in [-0.39, 0.29) is 0 Å². The van der Waals surface area contributed by atoms with E-state index in [1.54, 1.807) is 12.3 Å². The van der Waals surface area contributed by atoms with Crippen molar-refractivity contribution in [2.24, 2.45) is 0 Å². The largest absolute Gasteiger partial charge is 0.354 e. The Labute approximate surface area is 176 Å². The minimum Gasteiger partial charge on any atom is -0.354 e. The number of likely N-dealkylation sites (N-methyl/N-ethyl adjacent to an activating group) is 1. The number of hydrogen-bond acceptors (Lipinski definition) is 8. The van der Waals surface area contributed by atoms with E-state index in [0.29, 0.717) is 10.6 Å². The highest BCUT2D eigenvalue weighted by Crippen LogP contribution is 2.27. The van der Waals surface area contributed by atoms with Crippen LogP contribution in [0.5, 0.6) is 0 Å². The van der Waals surface area contributed by atoms with Crippen LogP contribution in [0.1, 0.15) is 11.4 Å². The molecule has 2 aliphatic heterocycles. The number of hydrogen-bond donors (Lipinski definition) is 0. The van der Waals surface area contributed by atoms with Crippen LogP contribution in [0.25, 0.3) is 0 Å². The zero-order valence-corrected chi connectivity index (χ0v) is 17.6. The van der Waals surface area contributed by atoms with Gasteiger partial charge in [0.1, 0.15) is 29.3 Å². The first-order chi connectivity index (χ1) is 14.0. The van der Waals surface area contributed by atoms with Crippen molar-refractivity contribution in [1.29, 1.82) is 5.26 Å². The Morgan fingerprint density at radius 3 is 2.00 bits per heavy atom. The van der Waals surface area contributed by atoms with E-state index >= 15 is 0 Å². The Kier molecular flexibility index (Phi) is 5.69. The fourth-order valence-electron chi connectivity index (χ4n) is 3.77. The molecule has 0 radical (unpaired) electrons. The summed E-state index contributed by atoms with van der Waals surface area (Å²) >= 11 is 6.33. The molecule has 0 bridgehead atoms. The lowest BCUT2D eigenvalue weighted by Crippen LogP contribution is -2.47. The Morgan fingerprint density at radius 1 is 0.897 bits per heavy atom. The summed E-state index contributed by atoms with van der Waals surface area (Å²) in [7, 11) is 2.16. The van der Waals surface area contributed by atoms with Crippen LogP contribution in [0.2, 0.25) is 5.02 Å². The number of nitriles is 1. The summed E-state index contributed by atoms with van der Waals surface area (Å²) in [5.41, 5.74) is 0.477. The minimum atomic E-state index is 0.477. The van der Waals surface area contributed by atoms with Crippen LogP contribution >= 0.6 is 11.6 Å². The number of rotatable bonds is 3. The van der Waals surface area contributed by atoms with Crippen molar-refractivity contribution in [3.8, 4) is 6.07 Å². The number of anilines is 3. The molecule has 8 nitrogen and oxygen atoms in total. The van der Waals surface area contributed by atoms with Gasteiger partial charge >= 0.3 is 0 Å². The van der Waals surface area contributed by atoms with Crippen LogP contribution in [0.4, 0.5) is 17.5 Å². The fourth-order valence-corrected chi connectivity index (χ4v) is 4.05. The lowest BCUT2D eigenvalue weighted by atomic mass is 10.2. The highest BCUT2D eigenvalue weighted by Gasteiger charge is 2.23. The first-order valence-corrected chi connectivity index (χ1v) is 10.3. The Balaban J connectivity index is 1.45. The van der Waals surface area contributed by atoms with E-state index in [9.17, 15) is 0 Å². The predicted molar refractivity (Wildman–Crippen MR) is 115 cm³/mol. The average Bonchev–Trinajstić information content (AvgIpc) is 2.74. The summed E-state index contributed by atoms with van der Waals surface area (Å²) in [6.45, 7) is 9.29. The van der Waals surface area contributed by atoms with Gasteiger partial charge in [-0.25, -0.2) is 15.0 Å². The maximum Gasteiger partial charge on any atom is 0.147 e. The first kappa shape index (κ1) is 19.7. The van der Waals surface area contributed by atoms with Gasteiger partial charge in [0.15, 0.2) is 0 Å². The van der Waals surface area contributed by atoms with E-state index in [2.05, 4.69) is 53.7 Å². The minimum absolute atomic E-state index is 0.477. The number of piperazine rings is 2. The molecule has 0 N–H and O–H groups in total. The van der Waals surface area contributed by atoms with Gasteiger partial charge in [-0.3, -0.25) is 0 Å². The lowest BCUT2D eigenvalue weighted by molar-refractivity contribution is 0.312. The maximum atomic E-state index is 8.99. The first-order valence-electron chi connectivity index (χ1n) is 9.88. The highest BCUT2D eigenvalue weighted by molar-refractivity contribution is 6.33. The molecule has 0 unspecified atom stereocenters. The van der Waals surface area contributed by atoms with Crippen LogP contribution in [0.3, 0.4) is 0 Å². The molecule has 0 atom stereocenters. The molecule has 4 rings (SSSR count). The molecular formula is C20H25ClN8. The Morgan fingerprint density at radius 2 is 1.45 bits per heavy atom. The van der Waals surface area contributed by atoms with Crippen molar-refractivity contribution >= 4 is 29.1 Å². The van der Waals surface area contributed by atoms with Crippen LogP contribution < -0.4 is 14.7 Å². The monoisotopic (exact) mass is 412 g/mol. The molecule has 2 saturated heterocycles. The van der Waals surface area contributed by atoms with Gasteiger partial charge in [-0.15, -0.1) is 0 Å². The summed E-state index contributed by atoms with van der Waals surface area (Å²) in [5.74, 6) is 3.53. The van der Waals surface area contributed by atoms with Crippen molar-refractivity contribution in [2.75, 3.05) is 74.1 Å². The molecular weight excluding hydrogens is 388 g/mol. The topological polar surface area (TPSA) is 75.4 Å². The number of aryl methyl sites for hydroxylation is 1. The zero-order valence-electron chi connectivity index (χ0n) is 16.8. The summed E-state index contributed by atoms with van der Waals surface area (Å²) in [6.07, 6.45) is 1.57. The van der Waals surface area contributed by atoms with Crippen LogP contribution in [-0.2, 0) is 0 Å². The number of halogens is 1. The molecule has 0 aromatic carbocycles. The third kappa shape index (κ3) is 4.36. The Hall–Kier alpha value is -2.63. The molecule has 0 spiro atoms. The number of pyridine rings is 1. The lowest BCUT2D eigenvalue weighted by Gasteiger charge is -2.37. The van der Waals surface area contributed by atoms with Gasteiger partial charge < -0.3 is 19.6 Å². The van der Waals surface area contributed by atoms with Crippen molar-refractivity contribution in [3.63, 3.8) is 0 Å². The van der Waals surface area contributed by atoms with E-state index in [1.165, 1.54) is 0 Å². The predicted octanol–water partition coefficient (Wildman–Crippen LogP) is 1.78. The highest BCUT2D eigenvalue weighted by atomic mass is 35.5. The normalized spacial score (nSPS) is 18.1. The second-order valence-electron chi connectivity index (χ2n) is 7.54. The van der Waals surface area contributed by atoms with Crippen LogP contribution in [-0.4, -0.2) is 79.3 Å². The molecule has 2 aromatic rings. The van der Waals surface area contributed by atoms with E-state index in [4.69, 9.17) is 16.9 Å². The summed E-state index contributed by atoms with van der Waals surface area (Å²) < 4.78 is 0. The van der Waals surface area contributed by atoms with Crippen molar-refractivity contribution in [3.05, 3.63) is 34.7 Å². The molecule has 0 aliphatic carbocycles. The summed E-state index contributed by atoms with van der Waals surface area (Å²) in [5, 5.41) is 9.51. The summed E-state index contributed by atoms with van der Waals surface area (Å²) in [4.78, 5) is 22.9. The fraction of sp³-hybridized carbons (Fsp3) is 0.500. The van der Waals surface area contributed by atoms with Gasteiger partial charge in [-0.1, -0.05) is 11.6 Å². The second kappa shape index (κ2) is 8.39. The SMILES string of the molecule is Cc1nc(N2CCN(C)CC2)cc(N2CCN(c3ncc(C#N)cc3Cl)CC2)n1. The van der Waals surface area contributed by atoms with Gasteiger partial charge in [0, 0.05) is 64.6 Å². The quantitative estimate of drug-likeness (QED) is 0.755. The van der Waals surface area contributed by atoms with Crippen LogP contribution in [0.15, 0.2) is 18.3 Å². The van der Waals surface area contributed by atoms with Gasteiger partial charge in [0.05, 0.1) is 10.6 Å². The number of aromatic nitrogens is 3. The molecule has 9 heteroatoms. The van der Waals surface area contributed by atoms with Crippen molar-refractivity contribution in [2.45, 2.75) is 6.92 Å². The Bertz CT molecular complexity index is 911. The van der Waals surface area contributed by atoms with Crippen molar-refractivity contribution in [1.82, 2.24) is 19.9 Å². The molecule has 0 amide bonds. The third-order valence-electron chi connectivity index (χ3n) is 5.49. The van der Waals surface area contributed by atoms with Gasteiger partial charge in [0.2, 0.25) is 0 Å². The van der Waals surface area contributed by atoms with Gasteiger partial charge in [-0.2, -0.15) is 5.26 Å².